The Balaban J connectivity index is 1.61. The number of pyridine rings is 1. The van der Waals surface area contributed by atoms with Gasteiger partial charge in [-0.1, -0.05) is 6.42 Å². The summed E-state index contributed by atoms with van der Waals surface area (Å²) in [6.07, 6.45) is 6.88. The number of hydrogen-bond donors (Lipinski definition) is 1. The lowest BCUT2D eigenvalue weighted by atomic mass is 9.89. The van der Waals surface area contributed by atoms with Crippen LogP contribution < -0.4 is 5.32 Å². The third-order valence-electron chi connectivity index (χ3n) is 4.71. The number of rotatable bonds is 4. The molecule has 0 amide bonds. The molecule has 0 radical (unpaired) electrons. The predicted octanol–water partition coefficient (Wildman–Crippen LogP) is 3.15. The number of aromatic nitrogens is 1. The zero-order valence-corrected chi connectivity index (χ0v) is 11.1. The predicted molar refractivity (Wildman–Crippen MR) is 73.1 cm³/mol. The Morgan fingerprint density at radius 1 is 1.47 bits per heavy atom. The summed E-state index contributed by atoms with van der Waals surface area (Å²) in [7, 11) is 0. The van der Waals surface area contributed by atoms with Crippen molar-refractivity contribution in [1.82, 2.24) is 4.98 Å². The molecule has 5 nitrogen and oxygen atoms in total. The Labute approximate surface area is 112 Å². The first-order valence-electron chi connectivity index (χ1n) is 6.98. The minimum atomic E-state index is -0.387. The fraction of sp³-hybridized carbons (Fsp3) is 0.643. The van der Waals surface area contributed by atoms with E-state index in [1.807, 2.05) is 0 Å². The van der Waals surface area contributed by atoms with Crippen molar-refractivity contribution in [1.29, 1.82) is 0 Å². The Morgan fingerprint density at radius 2 is 2.32 bits per heavy atom. The van der Waals surface area contributed by atoms with Crippen LogP contribution in [0.4, 0.5) is 11.5 Å². The van der Waals surface area contributed by atoms with Gasteiger partial charge in [-0.3, -0.25) is 10.1 Å². The molecule has 1 aromatic heterocycles. The molecule has 5 heteroatoms. The number of nitrogens with zero attached hydrogens (tertiary/aromatic N) is 2. The fourth-order valence-electron chi connectivity index (χ4n) is 3.70. The van der Waals surface area contributed by atoms with Gasteiger partial charge in [0.25, 0.3) is 5.69 Å². The van der Waals surface area contributed by atoms with Gasteiger partial charge < -0.3 is 5.32 Å². The Hall–Kier alpha value is -1.65. The van der Waals surface area contributed by atoms with Gasteiger partial charge in [-0.15, -0.1) is 0 Å². The van der Waals surface area contributed by atoms with Crippen molar-refractivity contribution in [2.75, 3.05) is 11.9 Å². The summed E-state index contributed by atoms with van der Waals surface area (Å²) in [4.78, 5) is 14.5. The molecule has 102 valence electrons. The number of nitro groups is 1. The number of aryl methyl sites for hydroxylation is 1. The molecular weight excluding hydrogens is 242 g/mol. The van der Waals surface area contributed by atoms with Crippen molar-refractivity contribution in [2.45, 2.75) is 32.6 Å². The second kappa shape index (κ2) is 4.79. The summed E-state index contributed by atoms with van der Waals surface area (Å²) in [5.41, 5.74) is 0.751. The Kier molecular flexibility index (Phi) is 3.12. The molecule has 0 saturated heterocycles. The average Bonchev–Trinajstić information content (AvgIpc) is 2.98. The van der Waals surface area contributed by atoms with Gasteiger partial charge in [-0.25, -0.2) is 4.98 Å². The normalized spacial score (nSPS) is 28.6. The van der Waals surface area contributed by atoms with Gasteiger partial charge >= 0.3 is 0 Å². The molecule has 2 aliphatic rings. The third-order valence-corrected chi connectivity index (χ3v) is 4.71. The van der Waals surface area contributed by atoms with Crippen molar-refractivity contribution in [3.63, 3.8) is 0 Å². The van der Waals surface area contributed by atoms with Gasteiger partial charge in [0.2, 0.25) is 0 Å². The lowest BCUT2D eigenvalue weighted by molar-refractivity contribution is -0.385. The van der Waals surface area contributed by atoms with Crippen LogP contribution in [-0.2, 0) is 0 Å². The van der Waals surface area contributed by atoms with Gasteiger partial charge in [0, 0.05) is 12.1 Å². The molecule has 2 bridgehead atoms. The molecule has 3 atom stereocenters. The average molecular weight is 261 g/mol. The number of hydrogen-bond acceptors (Lipinski definition) is 4. The van der Waals surface area contributed by atoms with Gasteiger partial charge in [0.1, 0.15) is 12.0 Å². The van der Waals surface area contributed by atoms with E-state index in [0.717, 1.165) is 30.1 Å². The molecule has 19 heavy (non-hydrogen) atoms. The smallest absolute Gasteiger partial charge is 0.290 e. The number of nitrogens with one attached hydrogen (secondary N) is 1. The summed E-state index contributed by atoms with van der Waals surface area (Å²) >= 11 is 0. The topological polar surface area (TPSA) is 68.1 Å². The molecule has 1 aromatic rings. The van der Waals surface area contributed by atoms with E-state index in [1.54, 1.807) is 13.0 Å². The first-order valence-corrected chi connectivity index (χ1v) is 6.98. The maximum Gasteiger partial charge on any atom is 0.290 e. The van der Waals surface area contributed by atoms with Crippen molar-refractivity contribution in [3.8, 4) is 0 Å². The quantitative estimate of drug-likeness (QED) is 0.667. The fourth-order valence-corrected chi connectivity index (χ4v) is 3.70. The molecule has 0 spiro atoms. The van der Waals surface area contributed by atoms with Crippen LogP contribution in [0.5, 0.6) is 0 Å². The van der Waals surface area contributed by atoms with E-state index < -0.39 is 0 Å². The van der Waals surface area contributed by atoms with Crippen LogP contribution in [-0.4, -0.2) is 16.5 Å². The largest absolute Gasteiger partial charge is 0.370 e. The van der Waals surface area contributed by atoms with Crippen LogP contribution in [0.25, 0.3) is 0 Å². The van der Waals surface area contributed by atoms with E-state index >= 15 is 0 Å². The minimum absolute atomic E-state index is 0.0884. The molecular formula is C14H19N3O2. The highest BCUT2D eigenvalue weighted by Crippen LogP contribution is 2.48. The van der Waals surface area contributed by atoms with Crippen molar-refractivity contribution < 1.29 is 4.92 Å². The van der Waals surface area contributed by atoms with Crippen molar-refractivity contribution in [2.24, 2.45) is 17.8 Å². The van der Waals surface area contributed by atoms with Crippen LogP contribution >= 0.6 is 0 Å². The van der Waals surface area contributed by atoms with Crippen LogP contribution in [0.3, 0.4) is 0 Å². The molecule has 1 heterocycles. The molecule has 1 N–H and O–H groups in total. The van der Waals surface area contributed by atoms with Gasteiger partial charge in [0.15, 0.2) is 0 Å². The Morgan fingerprint density at radius 3 is 2.89 bits per heavy atom. The van der Waals surface area contributed by atoms with Crippen molar-refractivity contribution >= 4 is 11.5 Å². The number of fused-ring (bicyclic) bond motifs is 2. The minimum Gasteiger partial charge on any atom is -0.370 e. The second-order valence-corrected chi connectivity index (χ2v) is 5.93. The molecule has 2 saturated carbocycles. The monoisotopic (exact) mass is 261 g/mol. The molecule has 0 aliphatic heterocycles. The first kappa shape index (κ1) is 12.4. The summed E-state index contributed by atoms with van der Waals surface area (Å²) in [6.45, 7) is 2.70. The molecule has 3 rings (SSSR count). The van der Waals surface area contributed by atoms with Crippen molar-refractivity contribution in [3.05, 3.63) is 27.9 Å². The van der Waals surface area contributed by atoms with E-state index in [9.17, 15) is 10.1 Å². The zero-order valence-electron chi connectivity index (χ0n) is 11.1. The maximum atomic E-state index is 10.7. The zero-order chi connectivity index (χ0) is 13.4. The summed E-state index contributed by atoms with van der Waals surface area (Å²) in [6, 6.07) is 1.77. The van der Waals surface area contributed by atoms with E-state index in [0.29, 0.717) is 5.56 Å². The second-order valence-electron chi connectivity index (χ2n) is 5.93. The highest BCUT2D eigenvalue weighted by atomic mass is 16.6. The van der Waals surface area contributed by atoms with Crippen LogP contribution in [0.1, 0.15) is 31.2 Å². The molecule has 2 aliphatic carbocycles. The van der Waals surface area contributed by atoms with Crippen LogP contribution in [0.15, 0.2) is 12.3 Å². The van der Waals surface area contributed by atoms with Gasteiger partial charge in [-0.2, -0.15) is 0 Å². The van der Waals surface area contributed by atoms with E-state index in [4.69, 9.17) is 0 Å². The van der Waals surface area contributed by atoms with E-state index in [-0.39, 0.29) is 10.6 Å². The van der Waals surface area contributed by atoms with Crippen LogP contribution in [0.2, 0.25) is 0 Å². The van der Waals surface area contributed by atoms with E-state index in [1.165, 1.54) is 31.9 Å². The highest BCUT2D eigenvalue weighted by molar-refractivity contribution is 5.46. The molecule has 3 unspecified atom stereocenters. The Bertz CT molecular complexity index is 503. The third kappa shape index (κ3) is 2.41. The molecule has 0 aromatic carbocycles. The number of anilines is 1. The molecule has 2 fully saturated rings. The standard InChI is InChI=1S/C14H19N3O2/c1-9-4-14(16-8-13(9)17(18)19)15-7-12-6-10-2-3-11(12)5-10/h4,8,10-12H,2-3,5-7H2,1H3,(H,15,16). The first-order chi connectivity index (χ1) is 9.13. The lowest BCUT2D eigenvalue weighted by Crippen LogP contribution is -2.20. The SMILES string of the molecule is Cc1cc(NCC2CC3CCC2C3)ncc1[N+](=O)[O-]. The summed E-state index contributed by atoms with van der Waals surface area (Å²) in [5, 5.41) is 14.1. The van der Waals surface area contributed by atoms with E-state index in [2.05, 4.69) is 10.3 Å². The summed E-state index contributed by atoms with van der Waals surface area (Å²) in [5.74, 6) is 3.35. The van der Waals surface area contributed by atoms with Gasteiger partial charge in [-0.05, 0) is 50.0 Å². The summed E-state index contributed by atoms with van der Waals surface area (Å²) < 4.78 is 0. The lowest BCUT2D eigenvalue weighted by Gasteiger charge is -2.22. The maximum absolute atomic E-state index is 10.7. The highest BCUT2D eigenvalue weighted by Gasteiger charge is 2.39. The van der Waals surface area contributed by atoms with Gasteiger partial charge in [0.05, 0.1) is 4.92 Å². The van der Waals surface area contributed by atoms with Crippen LogP contribution in [0, 0.1) is 34.8 Å².